The molecule has 10 nitrogen and oxygen atoms in total. The molecule has 10 atom stereocenters. The average Bonchev–Trinajstić information content (AvgIpc) is 1.61. The van der Waals surface area contributed by atoms with Crippen molar-refractivity contribution in [2.24, 2.45) is 120 Å². The normalized spacial score (nSPS) is 36.2. The second-order valence-electron chi connectivity index (χ2n) is 73.0. The molecule has 0 aromatic carbocycles. The van der Waals surface area contributed by atoms with E-state index in [4.69, 9.17) is 0 Å². The molecular weight excluding hydrogens is 1760 g/mol. The van der Waals surface area contributed by atoms with Gasteiger partial charge in [0, 0.05) is 140 Å². The van der Waals surface area contributed by atoms with Crippen molar-refractivity contribution in [3.63, 3.8) is 0 Å². The Kier molecular flexibility index (Phi) is 41.0. The standard InChI is InChI=1S/4C16H32N.C16H34N.C15H30N.C14H30N.C13H27NO.C13H22N/c1-15(2,3)14-8-12-10-17(7,16(4,5)6)11-13(12)9-14;1-15(2,3)12-10-13-8-9-14(11-12)17(13,7)16(4,5)6;1-15(2,3)14-10-13-9-8-12(14)11-17(13,7)16(4,5)6;1-15(2,3)14-12-8-9-13(14)11-17(7,10-12)16(4,5)6;1-15(2,3)13-9-11-14(12-10-13)17(7,8)16(4,5)6;1-13(2,3)15-7-10-16(11-8-15,12-9-15)14(4,5)6;1-13(2,3)12-8-10-15(7,11-9-12)14(4,5)6;1-12(2,3)11-7-9-14(15,10-8-11)13(4,5)6;1-12(2,3)11-7-9-14(10-8-11)13(4,5)6/h4*12-14H,8-11H2,1-7H3;13-14H,9-12H2,1-8H3;7-12H2,1-6H3;12H,8-11H2,1-7H3;11H,7-10H2,1-6H3;7-10H,1-6H3/q7*+1;;+1. The maximum atomic E-state index is 12.6. The summed E-state index contributed by atoms with van der Waals surface area (Å²) in [6, 6.07) is 8.02. The molecular formula is C135H271N9O+8. The molecule has 1 aromatic rings. The highest BCUT2D eigenvalue weighted by Gasteiger charge is 2.63. The topological polar surface area (TPSA) is 26.9 Å². The Morgan fingerprint density at radius 3 is 0.903 bits per heavy atom. The zero-order valence-electron chi connectivity index (χ0n) is 111. The summed E-state index contributed by atoms with van der Waals surface area (Å²) in [4.78, 5) is 0. The third kappa shape index (κ3) is 31.7. The zero-order chi connectivity index (χ0) is 113. The number of piperidine rings is 9. The van der Waals surface area contributed by atoms with Gasteiger partial charge in [-0.3, -0.25) is 0 Å². The van der Waals surface area contributed by atoms with Crippen LogP contribution in [0.5, 0.6) is 0 Å². The summed E-state index contributed by atoms with van der Waals surface area (Å²) >= 11 is 0. The van der Waals surface area contributed by atoms with Crippen molar-refractivity contribution < 1.29 is 40.6 Å². The van der Waals surface area contributed by atoms with E-state index in [1.54, 1.807) is 0 Å². The Morgan fingerprint density at radius 2 is 0.628 bits per heavy atom. The SMILES string of the molecule is CC(C)(C)C12CC[N+](C(C)(C)C)(CC1)CC2.CC(C)(C)C1C2CCC1C[N+](C)(C(C)(C)C)C2.CC(C)(C)C1CC2CCC(C1)[N+]2(C)C(C)(C)C.CC(C)(C)C1CC2CCC1C[N+]2(C)C(C)(C)C.CC(C)(C)C1CC2C[N+](C)(C(C)(C)C)CC2C1.CC(C)(C)C1CCC([N+](C)(C)C(C)(C)C)CC1.CC(C)(C)C1CC[N+](C)(C(C)(C)C)CC1.CC(C)(C)C1CC[N+]([O-])(C(C)(C)C)CC1.CC(C)(C)c1cc[n+](C(C)(C)C)cc1. The zero-order valence-corrected chi connectivity index (χ0v) is 111. The second-order valence-corrected chi connectivity index (χ2v) is 73.0. The fourth-order valence-electron chi connectivity index (χ4n) is 31.4. The van der Waals surface area contributed by atoms with Crippen LogP contribution in [0.1, 0.15) is 521 Å². The van der Waals surface area contributed by atoms with E-state index < -0.39 is 0 Å². The summed E-state index contributed by atoms with van der Waals surface area (Å²) in [6.07, 6.45) is 35.5. The minimum atomic E-state index is -0.150. The summed E-state index contributed by atoms with van der Waals surface area (Å²) in [5.41, 5.74) is 9.09. The van der Waals surface area contributed by atoms with Gasteiger partial charge in [-0.1, -0.05) is 187 Å². The predicted molar refractivity (Wildman–Crippen MR) is 640 cm³/mol. The minimum absolute atomic E-state index is 0.000417. The lowest BCUT2D eigenvalue weighted by Gasteiger charge is -2.63. The van der Waals surface area contributed by atoms with E-state index in [1.807, 2.05) is 0 Å². The van der Waals surface area contributed by atoms with Crippen LogP contribution in [0.15, 0.2) is 24.5 Å². The number of nitrogens with zero attached hydrogens (tertiary/aromatic N) is 9. The molecule has 12 heterocycles. The molecule has 10 heteroatoms. The molecule has 11 saturated heterocycles. The van der Waals surface area contributed by atoms with E-state index in [2.05, 4.69) is 452 Å². The number of quaternary nitrogens is 8. The molecule has 16 rings (SSSR count). The van der Waals surface area contributed by atoms with E-state index in [0.717, 1.165) is 121 Å². The predicted octanol–water partition coefficient (Wildman–Crippen LogP) is 34.7. The molecule has 1 aromatic heterocycles. The number of hydrogen-bond acceptors (Lipinski definition) is 1. The van der Waals surface area contributed by atoms with Crippen LogP contribution >= 0.6 is 0 Å². The van der Waals surface area contributed by atoms with Crippen molar-refractivity contribution in [2.75, 3.05) is 128 Å². The highest BCUT2D eigenvalue weighted by Crippen LogP contribution is 2.60. The lowest BCUT2D eigenvalue weighted by molar-refractivity contribution is -0.990. The van der Waals surface area contributed by atoms with Crippen LogP contribution in [0.25, 0.3) is 0 Å². The molecule has 0 radical (unpaired) electrons. The molecule has 11 aliphatic heterocycles. The maximum absolute atomic E-state index is 12.6. The number of hydroxylamine groups is 3. The Labute approximate surface area is 912 Å². The molecule has 0 amide bonds. The van der Waals surface area contributed by atoms with Gasteiger partial charge >= 0.3 is 0 Å². The van der Waals surface area contributed by atoms with Crippen LogP contribution in [-0.2, 0) is 11.0 Å². The van der Waals surface area contributed by atoms with Crippen LogP contribution in [0.4, 0.5) is 0 Å². The van der Waals surface area contributed by atoms with E-state index in [1.165, 1.54) is 231 Å². The third-order valence-electron chi connectivity index (χ3n) is 47.0. The van der Waals surface area contributed by atoms with Crippen molar-refractivity contribution in [3.8, 4) is 0 Å². The largest absolute Gasteiger partial charge is 0.632 e. The van der Waals surface area contributed by atoms with Gasteiger partial charge in [-0.15, -0.1) is 0 Å². The van der Waals surface area contributed by atoms with Crippen LogP contribution < -0.4 is 4.57 Å². The van der Waals surface area contributed by atoms with Gasteiger partial charge in [0.1, 0.15) is 0 Å². The summed E-state index contributed by atoms with van der Waals surface area (Å²) < 4.78 is 11.3. The number of hydrogen-bond donors (Lipinski definition) is 0. The summed E-state index contributed by atoms with van der Waals surface area (Å²) in [5.74, 6) is 11.3. The van der Waals surface area contributed by atoms with Crippen molar-refractivity contribution in [3.05, 3.63) is 35.3 Å². The monoisotopic (exact) mass is 2040 g/mol. The van der Waals surface area contributed by atoms with E-state index in [-0.39, 0.29) is 21.1 Å². The second kappa shape index (κ2) is 44.9. The summed E-state index contributed by atoms with van der Waals surface area (Å²) in [6.45, 7) is 144. The number of rotatable bonds is 1. The first-order valence-corrected chi connectivity index (χ1v) is 61.7. The molecule has 8 bridgehead atoms. The molecule has 15 aliphatic rings. The fraction of sp³-hybridized carbons (Fsp3) is 0.963. The van der Waals surface area contributed by atoms with Gasteiger partial charge in [-0.25, -0.2) is 4.57 Å². The van der Waals surface area contributed by atoms with Crippen molar-refractivity contribution in [1.29, 1.82) is 0 Å². The maximum Gasteiger partial charge on any atom is 0.169 e. The number of fused-ring (bicyclic) bond motifs is 11. The smallest absolute Gasteiger partial charge is 0.169 e. The minimum Gasteiger partial charge on any atom is -0.632 e. The summed E-state index contributed by atoms with van der Waals surface area (Å²) in [7, 11) is 17.3. The molecule has 10 unspecified atom stereocenters. The van der Waals surface area contributed by atoms with E-state index >= 15 is 0 Å². The highest BCUT2D eigenvalue weighted by atomic mass is 16.6. The molecule has 0 N–H and O–H groups in total. The van der Waals surface area contributed by atoms with E-state index in [9.17, 15) is 5.21 Å². The first-order chi connectivity index (χ1) is 64.1. The third-order valence-corrected chi connectivity index (χ3v) is 47.0. The average molecular weight is 2040 g/mol. The van der Waals surface area contributed by atoms with Gasteiger partial charge < -0.3 is 41.2 Å². The van der Waals surface area contributed by atoms with Crippen molar-refractivity contribution in [2.45, 2.75) is 595 Å². The molecule has 854 valence electrons. The first-order valence-electron chi connectivity index (χ1n) is 61.7. The Hall–Kier alpha value is -1.21. The lowest BCUT2D eigenvalue weighted by Crippen LogP contribution is -2.71. The van der Waals surface area contributed by atoms with Gasteiger partial charge in [-0.05, 0) is 332 Å². The quantitative estimate of drug-likeness (QED) is 0.156. The Bertz CT molecular complexity index is 3890. The Balaban J connectivity index is 0.000000250. The molecule has 15 fully saturated rings. The highest BCUT2D eigenvalue weighted by molar-refractivity contribution is 5.17. The molecule has 145 heavy (non-hydrogen) atoms. The Morgan fingerprint density at radius 1 is 0.297 bits per heavy atom. The first kappa shape index (κ1) is 132. The van der Waals surface area contributed by atoms with Crippen LogP contribution in [0.2, 0.25) is 0 Å². The van der Waals surface area contributed by atoms with Gasteiger partial charge in [0.2, 0.25) is 0 Å². The summed E-state index contributed by atoms with van der Waals surface area (Å²) in [5, 5.41) is 12.6. The van der Waals surface area contributed by atoms with Crippen LogP contribution in [0, 0.1) is 125 Å². The molecule has 4 aliphatic carbocycles. The van der Waals surface area contributed by atoms with Crippen molar-refractivity contribution >= 4 is 0 Å². The number of aromatic nitrogens is 1. The molecule has 0 spiro atoms. The van der Waals surface area contributed by atoms with Gasteiger partial charge in [0.15, 0.2) is 17.9 Å². The van der Waals surface area contributed by atoms with Crippen LogP contribution in [0.3, 0.4) is 0 Å². The number of likely N-dealkylation sites (tertiary alicyclic amines) is 4. The van der Waals surface area contributed by atoms with Gasteiger partial charge in [0.25, 0.3) is 0 Å². The fourth-order valence-corrected chi connectivity index (χ4v) is 31.4. The van der Waals surface area contributed by atoms with Crippen molar-refractivity contribution in [1.82, 2.24) is 0 Å². The van der Waals surface area contributed by atoms with Gasteiger partial charge in [-0.2, -0.15) is 0 Å². The van der Waals surface area contributed by atoms with Crippen LogP contribution in [-0.4, -0.2) is 232 Å². The number of pyridine rings is 1. The molecule has 4 saturated carbocycles. The lowest BCUT2D eigenvalue weighted by atomic mass is 9.56. The van der Waals surface area contributed by atoms with Gasteiger partial charge in [0.05, 0.1) is 196 Å². The van der Waals surface area contributed by atoms with E-state index in [0.29, 0.717) is 87.5 Å².